The maximum absolute atomic E-state index is 13.7. The topological polar surface area (TPSA) is 35.9 Å². The number of hydrogen-bond donors (Lipinski definition) is 1. The second-order valence-electron chi connectivity index (χ2n) is 6.02. The van der Waals surface area contributed by atoms with Crippen molar-refractivity contribution in [3.63, 3.8) is 0 Å². The number of benzene rings is 2. The second kappa shape index (κ2) is 7.64. The fourth-order valence-corrected chi connectivity index (χ4v) is 3.07. The Balaban J connectivity index is 1.54. The standard InChI is InChI=1S/C19H23FN2O2/c1-24-16-8-6-15(7-9-16)22-12-10-21(11-13-22)14-19(23)17-4-2-3-5-18(17)20/h2-9,19,23H,10-14H2,1H3/t19-/m1/s1. The van der Waals surface area contributed by atoms with Crippen molar-refractivity contribution in [1.29, 1.82) is 0 Å². The first kappa shape index (κ1) is 16.7. The van der Waals surface area contributed by atoms with Crippen molar-refractivity contribution >= 4 is 5.69 Å². The average molecular weight is 330 g/mol. The van der Waals surface area contributed by atoms with Crippen LogP contribution in [0.4, 0.5) is 10.1 Å². The molecule has 0 spiro atoms. The molecule has 0 amide bonds. The zero-order chi connectivity index (χ0) is 16.9. The SMILES string of the molecule is COc1ccc(N2CCN(C[C@@H](O)c3ccccc3F)CC2)cc1. The Hall–Kier alpha value is -2.11. The Morgan fingerprint density at radius 1 is 1.04 bits per heavy atom. The molecule has 1 N–H and O–H groups in total. The summed E-state index contributed by atoms with van der Waals surface area (Å²) in [6.07, 6.45) is -0.793. The summed E-state index contributed by atoms with van der Waals surface area (Å²) >= 11 is 0. The molecule has 5 heteroatoms. The fraction of sp³-hybridized carbons (Fsp3) is 0.368. The van der Waals surface area contributed by atoms with Crippen molar-refractivity contribution in [1.82, 2.24) is 4.90 Å². The Bertz CT molecular complexity index is 655. The molecule has 0 unspecified atom stereocenters. The summed E-state index contributed by atoms with van der Waals surface area (Å²) in [4.78, 5) is 4.49. The van der Waals surface area contributed by atoms with Crippen molar-refractivity contribution < 1.29 is 14.2 Å². The van der Waals surface area contributed by atoms with Crippen LogP contribution in [0, 0.1) is 5.82 Å². The van der Waals surface area contributed by atoms with Gasteiger partial charge < -0.3 is 14.7 Å². The lowest BCUT2D eigenvalue weighted by atomic mass is 10.1. The van der Waals surface area contributed by atoms with E-state index in [0.29, 0.717) is 12.1 Å². The van der Waals surface area contributed by atoms with Crippen molar-refractivity contribution in [3.05, 3.63) is 59.9 Å². The van der Waals surface area contributed by atoms with Gasteiger partial charge in [0.2, 0.25) is 0 Å². The maximum atomic E-state index is 13.7. The molecule has 0 bridgehead atoms. The summed E-state index contributed by atoms with van der Waals surface area (Å²) in [6.45, 7) is 3.92. The molecule has 24 heavy (non-hydrogen) atoms. The second-order valence-corrected chi connectivity index (χ2v) is 6.02. The Kier molecular flexibility index (Phi) is 5.33. The molecule has 0 aliphatic carbocycles. The van der Waals surface area contributed by atoms with Gasteiger partial charge in [0.1, 0.15) is 11.6 Å². The van der Waals surface area contributed by atoms with Crippen LogP contribution in [0.2, 0.25) is 0 Å². The lowest BCUT2D eigenvalue weighted by Crippen LogP contribution is -2.47. The minimum absolute atomic E-state index is 0.345. The van der Waals surface area contributed by atoms with Gasteiger partial charge in [-0.05, 0) is 30.3 Å². The third-order valence-corrected chi connectivity index (χ3v) is 4.51. The number of halogens is 1. The number of aliphatic hydroxyl groups is 1. The van der Waals surface area contributed by atoms with E-state index in [9.17, 15) is 9.50 Å². The molecule has 2 aromatic carbocycles. The zero-order valence-corrected chi connectivity index (χ0v) is 13.9. The number of ether oxygens (including phenoxy) is 1. The summed E-state index contributed by atoms with van der Waals surface area (Å²) in [5.41, 5.74) is 1.54. The maximum Gasteiger partial charge on any atom is 0.129 e. The van der Waals surface area contributed by atoms with E-state index in [2.05, 4.69) is 21.9 Å². The molecule has 1 aliphatic heterocycles. The summed E-state index contributed by atoms with van der Waals surface area (Å²) in [6, 6.07) is 14.5. The van der Waals surface area contributed by atoms with Gasteiger partial charge in [-0.1, -0.05) is 18.2 Å². The number of methoxy groups -OCH3 is 1. The van der Waals surface area contributed by atoms with Crippen LogP contribution in [0.5, 0.6) is 5.75 Å². The first-order valence-electron chi connectivity index (χ1n) is 8.21. The van der Waals surface area contributed by atoms with Crippen LogP contribution in [0.3, 0.4) is 0 Å². The van der Waals surface area contributed by atoms with Crippen molar-refractivity contribution in [3.8, 4) is 5.75 Å². The highest BCUT2D eigenvalue weighted by Gasteiger charge is 2.21. The van der Waals surface area contributed by atoms with Crippen LogP contribution in [-0.2, 0) is 0 Å². The number of rotatable bonds is 5. The van der Waals surface area contributed by atoms with E-state index in [1.165, 1.54) is 11.8 Å². The van der Waals surface area contributed by atoms with Gasteiger partial charge in [0, 0.05) is 44.0 Å². The molecular formula is C19H23FN2O2. The molecule has 0 saturated carbocycles. The van der Waals surface area contributed by atoms with E-state index in [0.717, 1.165) is 31.9 Å². The first-order valence-corrected chi connectivity index (χ1v) is 8.21. The van der Waals surface area contributed by atoms with Gasteiger partial charge in [-0.3, -0.25) is 4.90 Å². The van der Waals surface area contributed by atoms with E-state index in [4.69, 9.17) is 4.74 Å². The summed E-state index contributed by atoms with van der Waals surface area (Å²) in [5, 5.41) is 10.3. The van der Waals surface area contributed by atoms with E-state index < -0.39 is 6.10 Å². The largest absolute Gasteiger partial charge is 0.497 e. The van der Waals surface area contributed by atoms with E-state index in [1.54, 1.807) is 25.3 Å². The molecular weight excluding hydrogens is 307 g/mol. The Morgan fingerprint density at radius 3 is 2.33 bits per heavy atom. The monoisotopic (exact) mass is 330 g/mol. The van der Waals surface area contributed by atoms with Gasteiger partial charge in [-0.2, -0.15) is 0 Å². The number of β-amino-alcohol motifs (C(OH)–C–C–N with tert-alkyl or cyclic N) is 1. The minimum Gasteiger partial charge on any atom is -0.497 e. The fourth-order valence-electron chi connectivity index (χ4n) is 3.07. The van der Waals surface area contributed by atoms with Crippen LogP contribution >= 0.6 is 0 Å². The highest BCUT2D eigenvalue weighted by Crippen LogP contribution is 2.22. The molecule has 4 nitrogen and oxygen atoms in total. The highest BCUT2D eigenvalue weighted by molar-refractivity contribution is 5.49. The number of aliphatic hydroxyl groups excluding tert-OH is 1. The molecule has 1 atom stereocenters. The number of piperazine rings is 1. The molecule has 3 rings (SSSR count). The minimum atomic E-state index is -0.793. The van der Waals surface area contributed by atoms with Gasteiger partial charge in [0.05, 0.1) is 13.2 Å². The van der Waals surface area contributed by atoms with Gasteiger partial charge in [0.15, 0.2) is 0 Å². The number of hydrogen-bond acceptors (Lipinski definition) is 4. The first-order chi connectivity index (χ1) is 11.7. The van der Waals surface area contributed by atoms with Gasteiger partial charge in [0.25, 0.3) is 0 Å². The third-order valence-electron chi connectivity index (χ3n) is 4.51. The lowest BCUT2D eigenvalue weighted by Gasteiger charge is -2.37. The summed E-state index contributed by atoms with van der Waals surface area (Å²) in [7, 11) is 1.66. The number of anilines is 1. The van der Waals surface area contributed by atoms with Crippen LogP contribution in [0.1, 0.15) is 11.7 Å². The van der Waals surface area contributed by atoms with Crippen LogP contribution in [0.25, 0.3) is 0 Å². The average Bonchev–Trinajstić information content (AvgIpc) is 2.63. The molecule has 1 aliphatic rings. The van der Waals surface area contributed by atoms with Gasteiger partial charge in [-0.25, -0.2) is 4.39 Å². The molecule has 1 saturated heterocycles. The van der Waals surface area contributed by atoms with Crippen LogP contribution in [0.15, 0.2) is 48.5 Å². The highest BCUT2D eigenvalue weighted by atomic mass is 19.1. The molecule has 2 aromatic rings. The quantitative estimate of drug-likeness (QED) is 0.914. The van der Waals surface area contributed by atoms with E-state index in [1.807, 2.05) is 12.1 Å². The van der Waals surface area contributed by atoms with Crippen molar-refractivity contribution in [2.75, 3.05) is 44.7 Å². The number of nitrogens with zero attached hydrogens (tertiary/aromatic N) is 2. The molecule has 0 radical (unpaired) electrons. The van der Waals surface area contributed by atoms with Gasteiger partial charge in [-0.15, -0.1) is 0 Å². The predicted molar refractivity (Wildman–Crippen MR) is 93.0 cm³/mol. The normalized spacial score (nSPS) is 16.9. The predicted octanol–water partition coefficient (Wildman–Crippen LogP) is 2.69. The zero-order valence-electron chi connectivity index (χ0n) is 13.9. The van der Waals surface area contributed by atoms with Crippen molar-refractivity contribution in [2.45, 2.75) is 6.10 Å². The smallest absolute Gasteiger partial charge is 0.129 e. The van der Waals surface area contributed by atoms with Crippen LogP contribution in [-0.4, -0.2) is 49.8 Å². The third kappa shape index (κ3) is 3.86. The summed E-state index contributed by atoms with van der Waals surface area (Å²) < 4.78 is 18.9. The molecule has 1 fully saturated rings. The van der Waals surface area contributed by atoms with Crippen molar-refractivity contribution in [2.24, 2.45) is 0 Å². The van der Waals surface area contributed by atoms with E-state index >= 15 is 0 Å². The van der Waals surface area contributed by atoms with Crippen LogP contribution < -0.4 is 9.64 Å². The molecule has 1 heterocycles. The van der Waals surface area contributed by atoms with Gasteiger partial charge >= 0.3 is 0 Å². The Morgan fingerprint density at radius 2 is 1.71 bits per heavy atom. The summed E-state index contributed by atoms with van der Waals surface area (Å²) in [5.74, 6) is 0.507. The molecule has 128 valence electrons. The Labute approximate surface area is 142 Å². The molecule has 0 aromatic heterocycles. The lowest BCUT2D eigenvalue weighted by molar-refractivity contribution is 0.106. The van der Waals surface area contributed by atoms with E-state index in [-0.39, 0.29) is 5.82 Å².